The molecule has 1 heterocycles. The lowest BCUT2D eigenvalue weighted by Crippen LogP contribution is -1.75. The van der Waals surface area contributed by atoms with Gasteiger partial charge in [-0.3, -0.25) is 0 Å². The van der Waals surface area contributed by atoms with Crippen molar-refractivity contribution in [2.24, 2.45) is 0 Å². The first-order valence-corrected chi connectivity index (χ1v) is 6.31. The van der Waals surface area contributed by atoms with Gasteiger partial charge in [0.25, 0.3) is 0 Å². The van der Waals surface area contributed by atoms with E-state index in [1.54, 1.807) is 0 Å². The van der Waals surface area contributed by atoms with Crippen LogP contribution < -0.4 is 0 Å². The van der Waals surface area contributed by atoms with Gasteiger partial charge in [0, 0.05) is 0 Å². The van der Waals surface area contributed by atoms with Crippen LogP contribution in [0.5, 0.6) is 0 Å². The van der Waals surface area contributed by atoms with Crippen molar-refractivity contribution in [3.05, 3.63) is 10.5 Å². The van der Waals surface area contributed by atoms with Gasteiger partial charge < -0.3 is 0 Å². The van der Waals surface area contributed by atoms with Crippen LogP contribution in [0.4, 0.5) is 0 Å². The van der Waals surface area contributed by atoms with Gasteiger partial charge in [-0.25, -0.2) is 0 Å². The molecule has 0 nitrogen and oxygen atoms in total. The quantitative estimate of drug-likeness (QED) is 0.491. The minimum atomic E-state index is -0.795. The largest absolute Gasteiger partial charge is 0.191 e. The third kappa shape index (κ3) is 2.41. The fourth-order valence-corrected chi connectivity index (χ4v) is 2.89. The number of rotatable bonds is 0. The topological polar surface area (TPSA) is 0 Å². The number of hydrogen-bond acceptors (Lipinski definition) is 0. The van der Waals surface area contributed by atoms with E-state index in [4.69, 9.17) is 0 Å². The lowest BCUT2D eigenvalue weighted by atomic mass is 10.2. The van der Waals surface area contributed by atoms with Crippen molar-refractivity contribution in [2.75, 3.05) is 5.75 Å². The molecule has 0 bridgehead atoms. The molecule has 0 radical (unpaired) electrons. The molecule has 0 aromatic carbocycles. The first-order chi connectivity index (χ1) is 5.04. The molecule has 0 amide bonds. The first-order valence-electron chi connectivity index (χ1n) is 4.17. The molecule has 0 atom stereocenters. The van der Waals surface area contributed by atoms with Crippen molar-refractivity contribution >= 4 is 20.9 Å². The summed E-state index contributed by atoms with van der Waals surface area (Å²) in [7, 11) is -0.795. The van der Waals surface area contributed by atoms with Gasteiger partial charge in [0.05, 0.1) is 0 Å². The zero-order valence-electron chi connectivity index (χ0n) is 8.24. The summed E-state index contributed by atoms with van der Waals surface area (Å²) in [4.78, 5) is 1.47. The van der Waals surface area contributed by atoms with Crippen molar-refractivity contribution in [2.45, 2.75) is 34.1 Å². The highest BCUT2D eigenvalue weighted by Crippen LogP contribution is 2.40. The van der Waals surface area contributed by atoms with Crippen molar-refractivity contribution in [3.8, 4) is 0 Å². The third-order valence-electron chi connectivity index (χ3n) is 2.12. The Balaban J connectivity index is 0.000000461. The van der Waals surface area contributed by atoms with Gasteiger partial charge in [0.15, 0.2) is 0 Å². The van der Waals surface area contributed by atoms with E-state index in [-0.39, 0.29) is 0 Å². The number of hydrogen-bond donors (Lipinski definition) is 0. The predicted molar refractivity (Wildman–Crippen MR) is 61.0 cm³/mol. The van der Waals surface area contributed by atoms with Gasteiger partial charge in [-0.1, -0.05) is 31.2 Å². The fourth-order valence-electron chi connectivity index (χ4n) is 1.05. The molecule has 66 valence electrons. The minimum absolute atomic E-state index is 0.795. The molecule has 0 saturated carbocycles. The zero-order valence-corrected chi connectivity index (χ0v) is 9.05. The summed E-state index contributed by atoms with van der Waals surface area (Å²) < 4.78 is 0. The Labute approximate surface area is 71.8 Å². The van der Waals surface area contributed by atoms with Gasteiger partial charge in [-0.05, 0) is 30.9 Å². The molecule has 0 unspecified atom stereocenters. The van der Waals surface area contributed by atoms with E-state index < -0.39 is 9.21 Å². The monoisotopic (exact) mass is 172 g/mol. The van der Waals surface area contributed by atoms with E-state index in [1.807, 2.05) is 13.8 Å². The lowest BCUT2D eigenvalue weighted by Gasteiger charge is -2.05. The Morgan fingerprint density at radius 2 is 1.64 bits per heavy atom. The highest BCUT2D eigenvalue weighted by molar-refractivity contribution is 8.31. The Bertz CT molecular complexity index is 240. The molecule has 1 heteroatoms. The zero-order chi connectivity index (χ0) is 9.07. The van der Waals surface area contributed by atoms with Crippen LogP contribution in [0.3, 0.4) is 0 Å². The summed E-state index contributed by atoms with van der Waals surface area (Å²) in [5.74, 6) is 9.44. The lowest BCUT2D eigenvalue weighted by molar-refractivity contribution is 1.13. The highest BCUT2D eigenvalue weighted by Gasteiger charge is 2.11. The second-order valence-electron chi connectivity index (χ2n) is 2.84. The maximum atomic E-state index is 4.12. The van der Waals surface area contributed by atoms with Crippen LogP contribution >= 0.6 is 9.21 Å². The average Bonchev–Trinajstić information content (AvgIpc) is 2.21. The van der Waals surface area contributed by atoms with Crippen LogP contribution in [0.2, 0.25) is 0 Å². The summed E-state index contributed by atoms with van der Waals surface area (Å²) in [6.07, 6.45) is 1.23. The van der Waals surface area contributed by atoms with Crippen LogP contribution in [-0.2, 0) is 0 Å². The average molecular weight is 172 g/mol. The Hall–Kier alpha value is -0.170. The van der Waals surface area contributed by atoms with Crippen molar-refractivity contribution in [3.63, 3.8) is 0 Å². The van der Waals surface area contributed by atoms with Gasteiger partial charge in [-0.15, -0.1) is 0 Å². The van der Waals surface area contributed by atoms with Gasteiger partial charge in [0.2, 0.25) is 0 Å². The van der Waals surface area contributed by atoms with Crippen LogP contribution in [0.25, 0.3) is 0 Å². The SMILES string of the molecule is C=S1(=C)CCC(C)=C1C.CC. The van der Waals surface area contributed by atoms with Crippen molar-refractivity contribution in [1.29, 1.82) is 0 Å². The molecule has 11 heavy (non-hydrogen) atoms. The molecule has 1 aliphatic rings. The van der Waals surface area contributed by atoms with Gasteiger partial charge >= 0.3 is 0 Å². The molecule has 1 aliphatic heterocycles. The minimum Gasteiger partial charge on any atom is -0.191 e. The summed E-state index contributed by atoms with van der Waals surface area (Å²) in [6.45, 7) is 8.37. The molecule has 0 fully saturated rings. The molecule has 0 aromatic heterocycles. The molecule has 0 spiro atoms. The smallest absolute Gasteiger partial charge is 0.00943 e. The molecule has 0 saturated heterocycles. The van der Waals surface area contributed by atoms with E-state index in [9.17, 15) is 0 Å². The Morgan fingerprint density at radius 3 is 1.73 bits per heavy atom. The second kappa shape index (κ2) is 4.01. The van der Waals surface area contributed by atoms with E-state index in [2.05, 4.69) is 25.6 Å². The Kier molecular flexibility index (Phi) is 3.95. The standard InChI is InChI=1S/C8H14S.C2H6/c1-7-5-6-9(3,4)8(7)2;1-2/h3-6H2,1-2H3;1-2H3. The highest BCUT2D eigenvalue weighted by atomic mass is 32.2. The van der Waals surface area contributed by atoms with E-state index in [0.29, 0.717) is 0 Å². The van der Waals surface area contributed by atoms with Crippen molar-refractivity contribution < 1.29 is 0 Å². The van der Waals surface area contributed by atoms with E-state index in [1.165, 1.54) is 22.7 Å². The normalized spacial score (nSPS) is 21.1. The number of allylic oxidation sites excluding steroid dienone is 2. The summed E-state index contributed by atoms with van der Waals surface area (Å²) >= 11 is 0. The molecule has 0 N–H and O–H groups in total. The summed E-state index contributed by atoms with van der Waals surface area (Å²) in [5, 5.41) is 0. The Morgan fingerprint density at radius 1 is 1.18 bits per heavy atom. The molecular weight excluding hydrogens is 152 g/mol. The maximum Gasteiger partial charge on any atom is -0.00943 e. The van der Waals surface area contributed by atoms with Crippen LogP contribution in [0.1, 0.15) is 34.1 Å². The van der Waals surface area contributed by atoms with E-state index in [0.717, 1.165) is 0 Å². The second-order valence-corrected chi connectivity index (χ2v) is 5.95. The third-order valence-corrected chi connectivity index (χ3v) is 4.75. The fraction of sp³-hybridized carbons (Fsp3) is 0.600. The molecule has 1 rings (SSSR count). The summed E-state index contributed by atoms with van der Waals surface area (Å²) in [6, 6.07) is 0. The van der Waals surface area contributed by atoms with Crippen LogP contribution in [0, 0.1) is 0 Å². The maximum absolute atomic E-state index is 4.12. The van der Waals surface area contributed by atoms with Crippen LogP contribution in [0.15, 0.2) is 10.5 Å². The van der Waals surface area contributed by atoms with E-state index >= 15 is 0 Å². The summed E-state index contributed by atoms with van der Waals surface area (Å²) in [5.41, 5.74) is 1.52. The van der Waals surface area contributed by atoms with Crippen LogP contribution in [-0.4, -0.2) is 17.5 Å². The van der Waals surface area contributed by atoms with Crippen molar-refractivity contribution in [1.82, 2.24) is 0 Å². The van der Waals surface area contributed by atoms with Gasteiger partial charge in [0.1, 0.15) is 0 Å². The molecule has 0 aromatic rings. The predicted octanol–water partition coefficient (Wildman–Crippen LogP) is 3.38. The first kappa shape index (κ1) is 10.8. The van der Waals surface area contributed by atoms with Gasteiger partial charge in [-0.2, -0.15) is 9.21 Å². The molecular formula is C10H20S. The molecule has 0 aliphatic carbocycles.